The van der Waals surface area contributed by atoms with Gasteiger partial charge < -0.3 is 5.73 Å². The van der Waals surface area contributed by atoms with Gasteiger partial charge in [0, 0.05) is 11.1 Å². The summed E-state index contributed by atoms with van der Waals surface area (Å²) in [5, 5.41) is 0.817. The summed E-state index contributed by atoms with van der Waals surface area (Å²) in [6.07, 6.45) is 5.20. The van der Waals surface area contributed by atoms with E-state index in [1.165, 1.54) is 31.2 Å². The van der Waals surface area contributed by atoms with Crippen molar-refractivity contribution >= 4 is 11.6 Å². The van der Waals surface area contributed by atoms with Crippen molar-refractivity contribution in [2.45, 2.75) is 44.6 Å². The second-order valence-electron chi connectivity index (χ2n) is 4.97. The zero-order valence-electron chi connectivity index (χ0n) is 9.83. The van der Waals surface area contributed by atoms with E-state index in [-0.39, 0.29) is 0 Å². The molecule has 0 saturated heterocycles. The summed E-state index contributed by atoms with van der Waals surface area (Å²) in [4.78, 5) is 0. The second-order valence-corrected chi connectivity index (χ2v) is 5.40. The first-order valence-corrected chi connectivity index (χ1v) is 6.57. The number of benzene rings is 1. The summed E-state index contributed by atoms with van der Waals surface area (Å²) >= 11 is 5.92. The standard InChI is InChI=1S/C14H20ClN/c1-10(16)13-4-2-3-5-14(13)11-6-8-12(15)9-7-11/h6-10,13-14H,2-5,16H2,1H3. The molecule has 88 valence electrons. The van der Waals surface area contributed by atoms with E-state index in [0.29, 0.717) is 17.9 Å². The molecule has 1 saturated carbocycles. The maximum atomic E-state index is 6.10. The maximum absolute atomic E-state index is 6.10. The van der Waals surface area contributed by atoms with Crippen molar-refractivity contribution in [3.05, 3.63) is 34.9 Å². The molecule has 0 aromatic heterocycles. The Labute approximate surface area is 103 Å². The summed E-state index contributed by atoms with van der Waals surface area (Å²) in [6, 6.07) is 8.59. The summed E-state index contributed by atoms with van der Waals surface area (Å²) in [5.74, 6) is 1.26. The molecule has 1 aliphatic carbocycles. The van der Waals surface area contributed by atoms with Crippen molar-refractivity contribution in [1.29, 1.82) is 0 Å². The minimum Gasteiger partial charge on any atom is -0.328 e. The number of nitrogens with two attached hydrogens (primary N) is 1. The lowest BCUT2D eigenvalue weighted by molar-refractivity contribution is 0.271. The SMILES string of the molecule is CC(N)C1CCCCC1c1ccc(Cl)cc1. The van der Waals surface area contributed by atoms with Crippen molar-refractivity contribution in [3.8, 4) is 0 Å². The average Bonchev–Trinajstić information content (AvgIpc) is 2.30. The fourth-order valence-electron chi connectivity index (χ4n) is 2.91. The van der Waals surface area contributed by atoms with Crippen LogP contribution in [-0.2, 0) is 0 Å². The van der Waals surface area contributed by atoms with Crippen LogP contribution in [0.1, 0.15) is 44.1 Å². The number of halogens is 1. The Morgan fingerprint density at radius 2 is 1.81 bits per heavy atom. The first-order valence-electron chi connectivity index (χ1n) is 6.19. The van der Waals surface area contributed by atoms with Gasteiger partial charge in [0.25, 0.3) is 0 Å². The van der Waals surface area contributed by atoms with Gasteiger partial charge in [0.2, 0.25) is 0 Å². The van der Waals surface area contributed by atoms with Gasteiger partial charge in [-0.05, 0) is 49.3 Å². The van der Waals surface area contributed by atoms with Gasteiger partial charge in [-0.2, -0.15) is 0 Å². The van der Waals surface area contributed by atoms with Crippen LogP contribution in [0.4, 0.5) is 0 Å². The Morgan fingerprint density at radius 3 is 2.44 bits per heavy atom. The molecule has 2 rings (SSSR count). The topological polar surface area (TPSA) is 26.0 Å². The van der Waals surface area contributed by atoms with Gasteiger partial charge in [-0.1, -0.05) is 36.6 Å². The average molecular weight is 238 g/mol. The summed E-state index contributed by atoms with van der Waals surface area (Å²) in [6.45, 7) is 2.14. The molecule has 1 aromatic rings. The van der Waals surface area contributed by atoms with Gasteiger partial charge in [-0.25, -0.2) is 0 Å². The molecule has 0 spiro atoms. The third-order valence-electron chi connectivity index (χ3n) is 3.79. The van der Waals surface area contributed by atoms with Crippen molar-refractivity contribution in [3.63, 3.8) is 0 Å². The lowest BCUT2D eigenvalue weighted by Gasteiger charge is -2.34. The third-order valence-corrected chi connectivity index (χ3v) is 4.04. The highest BCUT2D eigenvalue weighted by molar-refractivity contribution is 6.30. The monoisotopic (exact) mass is 237 g/mol. The van der Waals surface area contributed by atoms with Gasteiger partial charge in [0.1, 0.15) is 0 Å². The largest absolute Gasteiger partial charge is 0.328 e. The predicted octanol–water partition coefficient (Wildman–Crippen LogP) is 3.96. The zero-order chi connectivity index (χ0) is 11.5. The molecule has 1 fully saturated rings. The highest BCUT2D eigenvalue weighted by atomic mass is 35.5. The summed E-state index contributed by atoms with van der Waals surface area (Å²) < 4.78 is 0. The maximum Gasteiger partial charge on any atom is 0.0406 e. The fraction of sp³-hybridized carbons (Fsp3) is 0.571. The number of rotatable bonds is 2. The molecule has 16 heavy (non-hydrogen) atoms. The van der Waals surface area contributed by atoms with Gasteiger partial charge in [0.15, 0.2) is 0 Å². The smallest absolute Gasteiger partial charge is 0.0406 e. The predicted molar refractivity (Wildman–Crippen MR) is 69.8 cm³/mol. The Kier molecular flexibility index (Phi) is 3.88. The van der Waals surface area contributed by atoms with Crippen LogP contribution >= 0.6 is 11.6 Å². The lowest BCUT2D eigenvalue weighted by atomic mass is 9.73. The van der Waals surface area contributed by atoms with Gasteiger partial charge in [-0.3, -0.25) is 0 Å². The van der Waals surface area contributed by atoms with Crippen LogP contribution in [0.25, 0.3) is 0 Å². The third kappa shape index (κ3) is 2.58. The molecule has 1 aliphatic rings. The highest BCUT2D eigenvalue weighted by Crippen LogP contribution is 2.39. The normalized spacial score (nSPS) is 27.7. The van der Waals surface area contributed by atoms with Gasteiger partial charge in [-0.15, -0.1) is 0 Å². The van der Waals surface area contributed by atoms with Crippen molar-refractivity contribution in [1.82, 2.24) is 0 Å². The van der Waals surface area contributed by atoms with E-state index in [2.05, 4.69) is 19.1 Å². The molecule has 2 heteroatoms. The van der Waals surface area contributed by atoms with Crippen LogP contribution in [-0.4, -0.2) is 6.04 Å². The number of hydrogen-bond acceptors (Lipinski definition) is 1. The Hall–Kier alpha value is -0.530. The van der Waals surface area contributed by atoms with Crippen LogP contribution < -0.4 is 5.73 Å². The van der Waals surface area contributed by atoms with E-state index in [9.17, 15) is 0 Å². The van der Waals surface area contributed by atoms with Gasteiger partial charge >= 0.3 is 0 Å². The van der Waals surface area contributed by atoms with Crippen molar-refractivity contribution < 1.29 is 0 Å². The molecule has 0 amide bonds. The minimum atomic E-state index is 0.293. The molecular weight excluding hydrogens is 218 g/mol. The Balaban J connectivity index is 2.19. The van der Waals surface area contributed by atoms with E-state index >= 15 is 0 Å². The minimum absolute atomic E-state index is 0.293. The molecule has 0 bridgehead atoms. The van der Waals surface area contributed by atoms with E-state index in [4.69, 9.17) is 17.3 Å². The first-order chi connectivity index (χ1) is 7.68. The fourth-order valence-corrected chi connectivity index (χ4v) is 3.04. The van der Waals surface area contributed by atoms with Gasteiger partial charge in [0.05, 0.1) is 0 Å². The zero-order valence-corrected chi connectivity index (χ0v) is 10.6. The molecule has 0 aliphatic heterocycles. The Bertz CT molecular complexity index is 331. The van der Waals surface area contributed by atoms with E-state index in [0.717, 1.165) is 5.02 Å². The van der Waals surface area contributed by atoms with Crippen molar-refractivity contribution in [2.24, 2.45) is 11.7 Å². The van der Waals surface area contributed by atoms with E-state index in [1.54, 1.807) is 0 Å². The number of hydrogen-bond donors (Lipinski definition) is 1. The van der Waals surface area contributed by atoms with Crippen LogP contribution in [0.15, 0.2) is 24.3 Å². The van der Waals surface area contributed by atoms with Crippen LogP contribution in [0, 0.1) is 5.92 Å². The van der Waals surface area contributed by atoms with E-state index < -0.39 is 0 Å². The van der Waals surface area contributed by atoms with E-state index in [1.807, 2.05) is 12.1 Å². The molecule has 1 aromatic carbocycles. The first kappa shape index (κ1) is 11.9. The molecule has 3 atom stereocenters. The molecule has 0 radical (unpaired) electrons. The van der Waals surface area contributed by atoms with Crippen molar-refractivity contribution in [2.75, 3.05) is 0 Å². The van der Waals surface area contributed by atoms with Crippen LogP contribution in [0.5, 0.6) is 0 Å². The van der Waals surface area contributed by atoms with Crippen LogP contribution in [0.2, 0.25) is 5.02 Å². The molecule has 0 heterocycles. The Morgan fingerprint density at radius 1 is 1.19 bits per heavy atom. The second kappa shape index (κ2) is 5.20. The molecule has 1 nitrogen and oxygen atoms in total. The van der Waals surface area contributed by atoms with Crippen LogP contribution in [0.3, 0.4) is 0 Å². The highest BCUT2D eigenvalue weighted by Gasteiger charge is 2.28. The molecule has 3 unspecified atom stereocenters. The quantitative estimate of drug-likeness (QED) is 0.828. The summed E-state index contributed by atoms with van der Waals surface area (Å²) in [7, 11) is 0. The molecule has 2 N–H and O–H groups in total. The summed E-state index contributed by atoms with van der Waals surface area (Å²) in [5.41, 5.74) is 7.51. The molecular formula is C14H20ClN. The lowest BCUT2D eigenvalue weighted by Crippen LogP contribution is -2.33.